The van der Waals surface area contributed by atoms with Crippen molar-refractivity contribution in [3.63, 3.8) is 0 Å². The number of ether oxygens (including phenoxy) is 6. The first-order valence-corrected chi connectivity index (χ1v) is 18.2. The maximum Gasteiger partial charge on any atom is 0.203 e. The molecule has 1 aliphatic heterocycles. The highest BCUT2D eigenvalue weighted by molar-refractivity contribution is 6.38. The molecule has 1 aliphatic rings. The van der Waals surface area contributed by atoms with Crippen LogP contribution in [0.1, 0.15) is 63.8 Å². The quantitative estimate of drug-likeness (QED) is 0.145. The van der Waals surface area contributed by atoms with Gasteiger partial charge in [0.15, 0.2) is 28.8 Å². The van der Waals surface area contributed by atoms with Crippen molar-refractivity contribution in [1.29, 1.82) is 0 Å². The minimum atomic E-state index is 0.0153. The van der Waals surface area contributed by atoms with E-state index in [0.29, 0.717) is 46.2 Å². The first-order chi connectivity index (χ1) is 26.2. The van der Waals surface area contributed by atoms with Crippen molar-refractivity contribution >= 4 is 22.9 Å². The molecule has 0 saturated carbocycles. The monoisotopic (exact) mass is 741 g/mol. The van der Waals surface area contributed by atoms with Crippen molar-refractivity contribution in [2.24, 2.45) is 9.98 Å². The van der Waals surface area contributed by atoms with Crippen LogP contribution in [0.25, 0.3) is 28.0 Å². The highest BCUT2D eigenvalue weighted by Crippen LogP contribution is 2.46. The van der Waals surface area contributed by atoms with Crippen LogP contribution in [0.4, 0.5) is 5.82 Å². The highest BCUT2D eigenvalue weighted by atomic mass is 16.5. The average Bonchev–Trinajstić information content (AvgIpc) is 3.81. The van der Waals surface area contributed by atoms with Gasteiger partial charge >= 0.3 is 0 Å². The van der Waals surface area contributed by atoms with Crippen molar-refractivity contribution in [1.82, 2.24) is 4.98 Å². The summed E-state index contributed by atoms with van der Waals surface area (Å²) >= 11 is 0. The molecule has 5 aromatic rings. The minimum Gasteiger partial charge on any atom is -0.493 e. The van der Waals surface area contributed by atoms with Gasteiger partial charge in [-0.25, -0.2) is 9.98 Å². The van der Waals surface area contributed by atoms with Crippen LogP contribution < -0.4 is 28.4 Å². The largest absolute Gasteiger partial charge is 0.493 e. The molecular weight excluding hydrogens is 691 g/mol. The number of nitrogens with zero attached hydrogens (tertiary/aromatic N) is 2. The van der Waals surface area contributed by atoms with E-state index in [-0.39, 0.29) is 10.8 Å². The summed E-state index contributed by atoms with van der Waals surface area (Å²) in [6.07, 6.45) is 2.06. The van der Waals surface area contributed by atoms with Gasteiger partial charge in [0.1, 0.15) is 5.82 Å². The standard InChI is InChI=1S/C46H51N3O6/c1-45(2,3)31-17-13-27(14-18-31)35-25-33(29-21-37(50-7)41(54-11)38(22-29)51-8)43(47-35)49-44-34(30-23-39(52-9)42(55-12)40(24-30)53-10)26-36(48-44)28-15-19-32(20-16-28)46(4,5)6/h13-26,47H,1-12H3/b49-44-. The van der Waals surface area contributed by atoms with E-state index in [1.54, 1.807) is 42.7 Å². The number of aromatic nitrogens is 1. The second-order valence-corrected chi connectivity index (χ2v) is 15.4. The van der Waals surface area contributed by atoms with Crippen LogP contribution in [-0.2, 0) is 10.8 Å². The van der Waals surface area contributed by atoms with Crippen molar-refractivity contribution in [2.45, 2.75) is 52.4 Å². The highest BCUT2D eigenvalue weighted by Gasteiger charge is 2.26. The molecule has 286 valence electrons. The normalized spacial score (nSPS) is 13.7. The number of hydrogen-bond donors (Lipinski definition) is 1. The fourth-order valence-electron chi connectivity index (χ4n) is 6.63. The number of hydrogen-bond acceptors (Lipinski definition) is 7. The fourth-order valence-corrected chi connectivity index (χ4v) is 6.63. The van der Waals surface area contributed by atoms with E-state index in [4.69, 9.17) is 38.4 Å². The Kier molecular flexibility index (Phi) is 10.9. The lowest BCUT2D eigenvalue weighted by Crippen LogP contribution is -2.11. The van der Waals surface area contributed by atoms with E-state index in [1.165, 1.54) is 11.1 Å². The number of aliphatic imine (C=N–C) groups is 2. The zero-order valence-electron chi connectivity index (χ0n) is 33.9. The number of allylic oxidation sites excluding steroid dienone is 1. The van der Waals surface area contributed by atoms with Gasteiger partial charge in [0, 0.05) is 22.4 Å². The molecule has 0 fully saturated rings. The van der Waals surface area contributed by atoms with Crippen molar-refractivity contribution in [2.75, 3.05) is 42.7 Å². The van der Waals surface area contributed by atoms with Crippen LogP contribution in [0.15, 0.2) is 94.9 Å². The zero-order chi connectivity index (χ0) is 39.7. The van der Waals surface area contributed by atoms with E-state index in [0.717, 1.165) is 44.8 Å². The molecule has 0 unspecified atom stereocenters. The predicted octanol–water partition coefficient (Wildman–Crippen LogP) is 10.6. The van der Waals surface area contributed by atoms with Gasteiger partial charge < -0.3 is 33.4 Å². The summed E-state index contributed by atoms with van der Waals surface area (Å²) in [5, 5.41) is 0. The van der Waals surface area contributed by atoms with E-state index >= 15 is 0 Å². The van der Waals surface area contributed by atoms with Crippen molar-refractivity contribution in [3.8, 4) is 56.9 Å². The third kappa shape index (κ3) is 7.83. The fraction of sp³-hybridized carbons (Fsp3) is 0.304. The van der Waals surface area contributed by atoms with Crippen LogP contribution in [0.3, 0.4) is 0 Å². The summed E-state index contributed by atoms with van der Waals surface area (Å²) in [7, 11) is 9.62. The molecule has 0 bridgehead atoms. The second kappa shape index (κ2) is 15.4. The summed E-state index contributed by atoms with van der Waals surface area (Å²) in [5.41, 5.74) is 9.41. The molecule has 55 heavy (non-hydrogen) atoms. The number of aromatic amines is 1. The lowest BCUT2D eigenvalue weighted by molar-refractivity contribution is 0.324. The Bertz CT molecular complexity index is 2230. The van der Waals surface area contributed by atoms with Crippen molar-refractivity contribution in [3.05, 3.63) is 107 Å². The Hall–Kier alpha value is -5.96. The smallest absolute Gasteiger partial charge is 0.203 e. The molecule has 0 radical (unpaired) electrons. The van der Waals surface area contributed by atoms with Crippen LogP contribution in [0.5, 0.6) is 34.5 Å². The molecule has 4 aromatic carbocycles. The van der Waals surface area contributed by atoms with E-state index in [1.807, 2.05) is 24.3 Å². The number of nitrogens with one attached hydrogen (secondary N) is 1. The number of benzene rings is 4. The minimum absolute atomic E-state index is 0.0153. The molecule has 9 heteroatoms. The Morgan fingerprint density at radius 1 is 0.509 bits per heavy atom. The van der Waals surface area contributed by atoms with E-state index in [2.05, 4.69) is 107 Å². The average molecular weight is 742 g/mol. The first-order valence-electron chi connectivity index (χ1n) is 18.2. The molecule has 9 nitrogen and oxygen atoms in total. The molecule has 0 amide bonds. The van der Waals surface area contributed by atoms with Gasteiger partial charge in [-0.15, -0.1) is 0 Å². The van der Waals surface area contributed by atoms with Gasteiger partial charge in [-0.3, -0.25) is 0 Å². The number of amidine groups is 1. The number of rotatable bonds is 11. The maximum atomic E-state index is 5.76. The van der Waals surface area contributed by atoms with Gasteiger partial charge in [0.25, 0.3) is 0 Å². The van der Waals surface area contributed by atoms with E-state index < -0.39 is 0 Å². The molecule has 1 aromatic heterocycles. The van der Waals surface area contributed by atoms with Gasteiger partial charge in [-0.05, 0) is 75.1 Å². The number of methoxy groups -OCH3 is 6. The van der Waals surface area contributed by atoms with Crippen LogP contribution in [0.2, 0.25) is 0 Å². The third-order valence-corrected chi connectivity index (χ3v) is 9.82. The molecule has 1 N–H and O–H groups in total. The molecule has 0 saturated heterocycles. The molecular formula is C46H51N3O6. The molecule has 0 spiro atoms. The van der Waals surface area contributed by atoms with Crippen LogP contribution in [0, 0.1) is 0 Å². The molecule has 0 atom stereocenters. The van der Waals surface area contributed by atoms with E-state index in [9.17, 15) is 0 Å². The summed E-state index contributed by atoms with van der Waals surface area (Å²) in [6, 6.07) is 26.9. The van der Waals surface area contributed by atoms with Gasteiger partial charge in [-0.2, -0.15) is 0 Å². The Morgan fingerprint density at radius 3 is 1.36 bits per heavy atom. The first kappa shape index (κ1) is 38.8. The van der Waals surface area contributed by atoms with Crippen LogP contribution in [-0.4, -0.2) is 59.2 Å². The van der Waals surface area contributed by atoms with Crippen molar-refractivity contribution < 1.29 is 28.4 Å². The SMILES string of the molecule is COc1cc(C2=CC(c3ccc(C(C)(C)C)cc3)=N/C2=N\c2[nH]c(-c3ccc(C(C)(C)C)cc3)cc2-c2cc(OC)c(OC)c(OC)c2)cc(OC)c1OC. The predicted molar refractivity (Wildman–Crippen MR) is 223 cm³/mol. The number of H-pyrrole nitrogens is 1. The Morgan fingerprint density at radius 2 is 0.945 bits per heavy atom. The second-order valence-electron chi connectivity index (χ2n) is 15.4. The maximum absolute atomic E-state index is 5.76. The van der Waals surface area contributed by atoms with Gasteiger partial charge in [-0.1, -0.05) is 90.1 Å². The summed E-state index contributed by atoms with van der Waals surface area (Å²) in [5.74, 6) is 4.24. The molecule has 6 rings (SSSR count). The molecule has 2 heterocycles. The van der Waals surface area contributed by atoms with Gasteiger partial charge in [0.05, 0.1) is 48.4 Å². The van der Waals surface area contributed by atoms with Gasteiger partial charge in [0.2, 0.25) is 11.5 Å². The summed E-state index contributed by atoms with van der Waals surface area (Å²) < 4.78 is 34.4. The topological polar surface area (TPSA) is 95.9 Å². The lowest BCUT2D eigenvalue weighted by atomic mass is 9.86. The van der Waals surface area contributed by atoms with Crippen LogP contribution >= 0.6 is 0 Å². The molecule has 0 aliphatic carbocycles. The Labute approximate surface area is 324 Å². The zero-order valence-corrected chi connectivity index (χ0v) is 33.9. The summed E-state index contributed by atoms with van der Waals surface area (Å²) in [4.78, 5) is 14.1. The third-order valence-electron chi connectivity index (χ3n) is 9.82. The summed E-state index contributed by atoms with van der Waals surface area (Å²) in [6.45, 7) is 13.2. The lowest BCUT2D eigenvalue weighted by Gasteiger charge is -2.19. The Balaban J connectivity index is 1.59.